The third kappa shape index (κ3) is 6.80. The number of urea groups is 1. The number of nitrogens with one attached hydrogen (secondary N) is 3. The molecule has 0 heterocycles. The van der Waals surface area contributed by atoms with Gasteiger partial charge in [-0.2, -0.15) is 0 Å². The van der Waals surface area contributed by atoms with Crippen LogP contribution in [-0.2, 0) is 11.2 Å². The summed E-state index contributed by atoms with van der Waals surface area (Å²) in [6, 6.07) is 4.51. The van der Waals surface area contributed by atoms with E-state index < -0.39 is 5.97 Å². The largest absolute Gasteiger partial charge is 0.496 e. The van der Waals surface area contributed by atoms with Gasteiger partial charge in [-0.25, -0.2) is 9.59 Å². The SMILES string of the molecule is COc1cc(C(=O)O)ccc1CCNC(=O)CNC(=O)NC1CCCCC1. The number of aromatic carboxylic acids is 1. The van der Waals surface area contributed by atoms with Gasteiger partial charge in [0.2, 0.25) is 5.91 Å². The molecule has 0 spiro atoms. The van der Waals surface area contributed by atoms with Crippen LogP contribution >= 0.6 is 0 Å². The second-order valence-electron chi connectivity index (χ2n) is 6.59. The van der Waals surface area contributed by atoms with Crippen LogP contribution in [0.3, 0.4) is 0 Å². The zero-order chi connectivity index (χ0) is 19.6. The van der Waals surface area contributed by atoms with Gasteiger partial charge in [0.15, 0.2) is 0 Å². The smallest absolute Gasteiger partial charge is 0.335 e. The molecular formula is C19H27N3O5. The normalized spacial score (nSPS) is 14.3. The maximum absolute atomic E-state index is 11.9. The average molecular weight is 377 g/mol. The summed E-state index contributed by atoms with van der Waals surface area (Å²) in [4.78, 5) is 34.7. The van der Waals surface area contributed by atoms with E-state index in [2.05, 4.69) is 16.0 Å². The fourth-order valence-corrected chi connectivity index (χ4v) is 3.13. The number of carboxylic acids is 1. The summed E-state index contributed by atoms with van der Waals surface area (Å²) in [6.45, 7) is 0.265. The molecule has 1 aliphatic rings. The van der Waals surface area contributed by atoms with Gasteiger partial charge in [0.05, 0.1) is 19.2 Å². The summed E-state index contributed by atoms with van der Waals surface area (Å²) in [5.74, 6) is -0.838. The summed E-state index contributed by atoms with van der Waals surface area (Å²) in [6.07, 6.45) is 5.93. The predicted molar refractivity (Wildman–Crippen MR) is 100 cm³/mol. The highest BCUT2D eigenvalue weighted by Gasteiger charge is 2.16. The van der Waals surface area contributed by atoms with Crippen molar-refractivity contribution in [3.8, 4) is 5.75 Å². The molecule has 0 saturated heterocycles. The average Bonchev–Trinajstić information content (AvgIpc) is 2.67. The lowest BCUT2D eigenvalue weighted by atomic mass is 9.96. The minimum atomic E-state index is -1.02. The summed E-state index contributed by atoms with van der Waals surface area (Å²) in [5, 5.41) is 17.2. The molecule has 0 atom stereocenters. The molecule has 4 N–H and O–H groups in total. The first kappa shape index (κ1) is 20.5. The number of amides is 3. The van der Waals surface area contributed by atoms with Crippen molar-refractivity contribution in [2.75, 3.05) is 20.2 Å². The molecule has 3 amide bonds. The van der Waals surface area contributed by atoms with Crippen LogP contribution in [0.1, 0.15) is 48.0 Å². The van der Waals surface area contributed by atoms with Gasteiger partial charge in [0, 0.05) is 12.6 Å². The van der Waals surface area contributed by atoms with Crippen LogP contribution < -0.4 is 20.7 Å². The van der Waals surface area contributed by atoms with Crippen molar-refractivity contribution < 1.29 is 24.2 Å². The Kier molecular flexibility index (Phi) is 7.91. The molecule has 0 bridgehead atoms. The van der Waals surface area contributed by atoms with Crippen molar-refractivity contribution in [3.05, 3.63) is 29.3 Å². The molecular weight excluding hydrogens is 350 g/mol. The van der Waals surface area contributed by atoms with Crippen molar-refractivity contribution >= 4 is 17.9 Å². The molecule has 8 heteroatoms. The number of carbonyl (C=O) groups is 3. The number of rotatable bonds is 8. The van der Waals surface area contributed by atoms with Gasteiger partial charge in [0.1, 0.15) is 5.75 Å². The molecule has 8 nitrogen and oxygen atoms in total. The highest BCUT2D eigenvalue weighted by molar-refractivity contribution is 5.88. The molecule has 1 fully saturated rings. The minimum absolute atomic E-state index is 0.0896. The Morgan fingerprint density at radius 3 is 2.56 bits per heavy atom. The topological polar surface area (TPSA) is 117 Å². The van der Waals surface area contributed by atoms with Crippen molar-refractivity contribution in [1.29, 1.82) is 0 Å². The van der Waals surface area contributed by atoms with Crippen molar-refractivity contribution in [2.45, 2.75) is 44.6 Å². The third-order valence-corrected chi connectivity index (χ3v) is 4.60. The Balaban J connectivity index is 1.69. The summed E-state index contributed by atoms with van der Waals surface area (Å²) < 4.78 is 5.20. The maximum atomic E-state index is 11.9. The standard InChI is InChI=1S/C19H27N3O5/c1-27-16-11-14(18(24)25)8-7-13(16)9-10-20-17(23)12-21-19(26)22-15-5-3-2-4-6-15/h7-8,11,15H,2-6,9-10,12H2,1H3,(H,20,23)(H,24,25)(H2,21,22,26). The van der Waals surface area contributed by atoms with E-state index in [9.17, 15) is 14.4 Å². The van der Waals surface area contributed by atoms with Gasteiger partial charge in [-0.1, -0.05) is 25.3 Å². The maximum Gasteiger partial charge on any atom is 0.335 e. The number of hydrogen-bond acceptors (Lipinski definition) is 4. The van der Waals surface area contributed by atoms with E-state index in [0.717, 1.165) is 31.2 Å². The van der Waals surface area contributed by atoms with E-state index in [1.165, 1.54) is 25.7 Å². The van der Waals surface area contributed by atoms with Crippen LogP contribution in [0.25, 0.3) is 0 Å². The number of benzene rings is 1. The quantitative estimate of drug-likeness (QED) is 0.550. The van der Waals surface area contributed by atoms with Crippen molar-refractivity contribution in [2.24, 2.45) is 0 Å². The van der Waals surface area contributed by atoms with Crippen LogP contribution in [0.2, 0.25) is 0 Å². The van der Waals surface area contributed by atoms with Crippen LogP contribution in [0.15, 0.2) is 18.2 Å². The van der Waals surface area contributed by atoms with Gasteiger partial charge in [-0.05, 0) is 37.0 Å². The lowest BCUT2D eigenvalue weighted by Crippen LogP contribution is -2.46. The molecule has 0 aromatic heterocycles. The zero-order valence-corrected chi connectivity index (χ0v) is 15.5. The monoisotopic (exact) mass is 377 g/mol. The fourth-order valence-electron chi connectivity index (χ4n) is 3.13. The Bertz CT molecular complexity index is 671. The molecule has 1 aliphatic carbocycles. The van der Waals surface area contributed by atoms with Gasteiger partial charge < -0.3 is 25.8 Å². The Morgan fingerprint density at radius 2 is 1.89 bits per heavy atom. The van der Waals surface area contributed by atoms with E-state index in [-0.39, 0.29) is 30.1 Å². The van der Waals surface area contributed by atoms with Gasteiger partial charge in [-0.3, -0.25) is 4.79 Å². The van der Waals surface area contributed by atoms with E-state index in [1.807, 2.05) is 0 Å². The minimum Gasteiger partial charge on any atom is -0.496 e. The zero-order valence-electron chi connectivity index (χ0n) is 15.5. The second-order valence-corrected chi connectivity index (χ2v) is 6.59. The molecule has 0 aliphatic heterocycles. The number of carboxylic acid groups (broad SMARTS) is 1. The first-order chi connectivity index (χ1) is 13.0. The number of carbonyl (C=O) groups excluding carboxylic acids is 2. The van der Waals surface area contributed by atoms with Crippen LogP contribution in [0, 0.1) is 0 Å². The molecule has 27 heavy (non-hydrogen) atoms. The van der Waals surface area contributed by atoms with E-state index in [0.29, 0.717) is 18.7 Å². The van der Waals surface area contributed by atoms with Gasteiger partial charge >= 0.3 is 12.0 Å². The molecule has 2 rings (SSSR count). The van der Waals surface area contributed by atoms with Crippen molar-refractivity contribution in [3.63, 3.8) is 0 Å². The molecule has 1 aromatic rings. The highest BCUT2D eigenvalue weighted by atomic mass is 16.5. The number of ether oxygens (including phenoxy) is 1. The lowest BCUT2D eigenvalue weighted by molar-refractivity contribution is -0.120. The molecule has 0 radical (unpaired) electrons. The van der Waals surface area contributed by atoms with Crippen LogP contribution in [0.5, 0.6) is 5.75 Å². The molecule has 0 unspecified atom stereocenters. The van der Waals surface area contributed by atoms with E-state index >= 15 is 0 Å². The number of hydrogen-bond donors (Lipinski definition) is 4. The Hall–Kier alpha value is -2.77. The summed E-state index contributed by atoms with van der Waals surface area (Å²) >= 11 is 0. The van der Waals surface area contributed by atoms with Crippen LogP contribution in [-0.4, -0.2) is 49.3 Å². The summed E-state index contributed by atoms with van der Waals surface area (Å²) in [5.41, 5.74) is 0.943. The van der Waals surface area contributed by atoms with Crippen molar-refractivity contribution in [1.82, 2.24) is 16.0 Å². The second kappa shape index (κ2) is 10.4. The molecule has 1 saturated carbocycles. The van der Waals surface area contributed by atoms with Crippen LogP contribution in [0.4, 0.5) is 4.79 Å². The van der Waals surface area contributed by atoms with Gasteiger partial charge in [-0.15, -0.1) is 0 Å². The van der Waals surface area contributed by atoms with Gasteiger partial charge in [0.25, 0.3) is 0 Å². The summed E-state index contributed by atoms with van der Waals surface area (Å²) in [7, 11) is 1.47. The Labute approximate surface area is 158 Å². The molecule has 148 valence electrons. The highest BCUT2D eigenvalue weighted by Crippen LogP contribution is 2.20. The predicted octanol–water partition coefficient (Wildman–Crippen LogP) is 1.68. The first-order valence-electron chi connectivity index (χ1n) is 9.21. The third-order valence-electron chi connectivity index (χ3n) is 4.60. The lowest BCUT2D eigenvalue weighted by Gasteiger charge is -2.22. The van der Waals surface area contributed by atoms with E-state index in [4.69, 9.17) is 9.84 Å². The Morgan fingerprint density at radius 1 is 1.15 bits per heavy atom. The first-order valence-corrected chi connectivity index (χ1v) is 9.21. The number of methoxy groups -OCH3 is 1. The molecule has 1 aromatic carbocycles. The van der Waals surface area contributed by atoms with E-state index in [1.54, 1.807) is 6.07 Å². The fraction of sp³-hybridized carbons (Fsp3) is 0.526.